The molecule has 1 N–H and O–H groups in total. The molecule has 3 rings (SSSR count). The van der Waals surface area contributed by atoms with Crippen LogP contribution in [0.15, 0.2) is 29.3 Å². The van der Waals surface area contributed by atoms with Crippen molar-refractivity contribution in [2.45, 2.75) is 30.7 Å². The van der Waals surface area contributed by atoms with Crippen LogP contribution in [0.4, 0.5) is 0 Å². The summed E-state index contributed by atoms with van der Waals surface area (Å²) in [6, 6.07) is 4.78. The molecule has 0 bridgehead atoms. The van der Waals surface area contributed by atoms with E-state index >= 15 is 0 Å². The van der Waals surface area contributed by atoms with Gasteiger partial charge in [-0.05, 0) is 31.2 Å². The maximum absolute atomic E-state index is 13.5. The average molecular weight is 435 g/mol. The highest BCUT2D eigenvalue weighted by atomic mass is 32.2. The number of thioether (sulfide) groups is 1. The van der Waals surface area contributed by atoms with Gasteiger partial charge in [-0.2, -0.15) is 0 Å². The van der Waals surface area contributed by atoms with Crippen molar-refractivity contribution in [3.8, 4) is 11.5 Å². The lowest BCUT2D eigenvalue weighted by Crippen LogP contribution is -2.40. The molecule has 1 aromatic rings. The van der Waals surface area contributed by atoms with E-state index in [-0.39, 0.29) is 22.8 Å². The largest absolute Gasteiger partial charge is 0.497 e. The number of hydrogen-bond donors (Lipinski definition) is 1. The number of ether oxygens (including phenoxy) is 3. The summed E-state index contributed by atoms with van der Waals surface area (Å²) in [7, 11) is 2.94. The van der Waals surface area contributed by atoms with E-state index in [1.165, 1.54) is 26.0 Å². The smallest absolute Gasteiger partial charge is 0.308 e. The topological polar surface area (TPSA) is 102 Å². The number of hydrogen-bond acceptors (Lipinski definition) is 7. The highest BCUT2D eigenvalue weighted by molar-refractivity contribution is 7.99. The van der Waals surface area contributed by atoms with Gasteiger partial charge in [-0.25, -0.2) is 0 Å². The zero-order valence-corrected chi connectivity index (χ0v) is 18.0. The van der Waals surface area contributed by atoms with Gasteiger partial charge in [0.05, 0.1) is 32.3 Å². The van der Waals surface area contributed by atoms with E-state index in [4.69, 9.17) is 14.2 Å². The van der Waals surface area contributed by atoms with E-state index in [1.807, 2.05) is 0 Å². The van der Waals surface area contributed by atoms with Crippen LogP contribution in [0.3, 0.4) is 0 Å². The number of nitrogens with zero attached hydrogens (tertiary/aromatic N) is 1. The number of carboxylic acid groups (broad SMARTS) is 1. The fourth-order valence-electron chi connectivity index (χ4n) is 3.83. The van der Waals surface area contributed by atoms with E-state index in [0.29, 0.717) is 24.7 Å². The summed E-state index contributed by atoms with van der Waals surface area (Å²) >= 11 is 1.32. The third kappa shape index (κ3) is 4.32. The van der Waals surface area contributed by atoms with Crippen molar-refractivity contribution in [2.24, 2.45) is 0 Å². The Morgan fingerprint density at radius 1 is 1.30 bits per heavy atom. The van der Waals surface area contributed by atoms with Crippen molar-refractivity contribution in [2.75, 3.05) is 33.6 Å². The highest BCUT2D eigenvalue weighted by Gasteiger charge is 2.44. The minimum absolute atomic E-state index is 0.0164. The summed E-state index contributed by atoms with van der Waals surface area (Å²) < 4.78 is 16.2. The second-order valence-corrected chi connectivity index (χ2v) is 7.96. The van der Waals surface area contributed by atoms with Crippen LogP contribution in [0.1, 0.15) is 29.6 Å². The highest BCUT2D eigenvalue weighted by Crippen LogP contribution is 2.38. The Kier molecular flexibility index (Phi) is 7.04. The van der Waals surface area contributed by atoms with Crippen molar-refractivity contribution in [1.82, 2.24) is 4.90 Å². The van der Waals surface area contributed by atoms with Crippen molar-refractivity contribution in [1.29, 1.82) is 0 Å². The lowest BCUT2D eigenvalue weighted by Gasteiger charge is -2.27. The van der Waals surface area contributed by atoms with Crippen LogP contribution in [0.25, 0.3) is 0 Å². The van der Waals surface area contributed by atoms with Crippen molar-refractivity contribution >= 4 is 29.4 Å². The molecule has 0 unspecified atom stereocenters. The molecule has 2 atom stereocenters. The van der Waals surface area contributed by atoms with Gasteiger partial charge in [0.1, 0.15) is 16.9 Å². The van der Waals surface area contributed by atoms with E-state index in [1.54, 1.807) is 29.4 Å². The third-order valence-electron chi connectivity index (χ3n) is 5.25. The van der Waals surface area contributed by atoms with Crippen molar-refractivity contribution in [3.05, 3.63) is 34.9 Å². The second-order valence-electron chi connectivity index (χ2n) is 7.04. The molecule has 2 aliphatic rings. The molecule has 2 heterocycles. The Morgan fingerprint density at radius 2 is 2.07 bits per heavy atom. The Morgan fingerprint density at radius 3 is 2.63 bits per heavy atom. The normalized spacial score (nSPS) is 21.3. The Hall–Kier alpha value is -2.52. The Labute approximate surface area is 179 Å². The summed E-state index contributed by atoms with van der Waals surface area (Å²) in [5, 5.41) is 8.78. The Balaban J connectivity index is 2.02. The van der Waals surface area contributed by atoms with Gasteiger partial charge >= 0.3 is 5.97 Å². The lowest BCUT2D eigenvalue weighted by atomic mass is 9.97. The molecule has 1 amide bonds. The summed E-state index contributed by atoms with van der Waals surface area (Å²) in [5.41, 5.74) is 0.459. The van der Waals surface area contributed by atoms with Crippen LogP contribution in [0.2, 0.25) is 0 Å². The molecule has 1 aromatic carbocycles. The van der Waals surface area contributed by atoms with Gasteiger partial charge in [-0.15, -0.1) is 11.8 Å². The van der Waals surface area contributed by atoms with Crippen LogP contribution < -0.4 is 9.47 Å². The van der Waals surface area contributed by atoms with Gasteiger partial charge < -0.3 is 24.2 Å². The van der Waals surface area contributed by atoms with E-state index in [2.05, 4.69) is 0 Å². The van der Waals surface area contributed by atoms with Crippen LogP contribution in [0.5, 0.6) is 11.5 Å². The predicted molar refractivity (Wildman–Crippen MR) is 111 cm³/mol. The molecule has 0 spiro atoms. The first-order chi connectivity index (χ1) is 14.4. The van der Waals surface area contributed by atoms with E-state index < -0.39 is 29.5 Å². The Bertz CT molecular complexity index is 876. The number of rotatable bonds is 9. The van der Waals surface area contributed by atoms with Crippen LogP contribution in [-0.4, -0.2) is 72.8 Å². The van der Waals surface area contributed by atoms with Crippen LogP contribution in [-0.2, 0) is 14.3 Å². The molecule has 8 nitrogen and oxygen atoms in total. The maximum Gasteiger partial charge on any atom is 0.308 e. The zero-order chi connectivity index (χ0) is 21.8. The molecular formula is C21H25NO7S. The summed E-state index contributed by atoms with van der Waals surface area (Å²) in [5.74, 6) is -1.20. The number of carboxylic acids is 1. The van der Waals surface area contributed by atoms with Crippen molar-refractivity contribution in [3.63, 3.8) is 0 Å². The zero-order valence-electron chi connectivity index (χ0n) is 17.2. The lowest BCUT2D eigenvalue weighted by molar-refractivity contribution is -0.137. The first kappa shape index (κ1) is 22.2. The molecule has 0 aliphatic carbocycles. The molecule has 0 radical (unpaired) electrons. The molecule has 162 valence electrons. The van der Waals surface area contributed by atoms with E-state index in [9.17, 15) is 19.5 Å². The van der Waals surface area contributed by atoms with Gasteiger partial charge in [0.15, 0.2) is 5.78 Å². The molecule has 30 heavy (non-hydrogen) atoms. The van der Waals surface area contributed by atoms with E-state index in [0.717, 1.165) is 12.8 Å². The number of carbonyl (C=O) groups excluding carboxylic acids is 2. The van der Waals surface area contributed by atoms with Crippen LogP contribution >= 0.6 is 11.8 Å². The number of methoxy groups -OCH3 is 2. The predicted octanol–water partition coefficient (Wildman–Crippen LogP) is 2.37. The van der Waals surface area contributed by atoms with Crippen LogP contribution in [0, 0.1) is 0 Å². The van der Waals surface area contributed by atoms with Gasteiger partial charge in [0, 0.05) is 30.4 Å². The summed E-state index contributed by atoms with van der Waals surface area (Å²) in [6.07, 6.45) is 2.91. The molecule has 9 heteroatoms. The van der Waals surface area contributed by atoms with Gasteiger partial charge in [-0.1, -0.05) is 0 Å². The summed E-state index contributed by atoms with van der Waals surface area (Å²) in [6.45, 7) is 0.963. The molecule has 1 saturated heterocycles. The standard InChI is InChI=1S/C21H25NO7S/c1-27-12-6-7-14(16(9-12)28-2)19(25)18-15(10-17(23)24)20(26)22(21(18)30-3)11-13-5-4-8-29-13/h6-7,9,13,21H,4-5,8,10-11H2,1-3H3,(H,23,24)/t13-,21-/m1/s1. The maximum atomic E-state index is 13.5. The van der Waals surface area contributed by atoms with Crippen molar-refractivity contribution < 1.29 is 33.7 Å². The number of amides is 1. The number of ketones is 1. The number of benzene rings is 1. The quantitative estimate of drug-likeness (QED) is 0.590. The second kappa shape index (κ2) is 9.53. The molecule has 2 aliphatic heterocycles. The SMILES string of the molecule is COc1ccc(C(=O)C2=C(CC(=O)O)C(=O)N(C[C@H]3CCCO3)[C@@H]2SC)c(OC)c1. The van der Waals surface area contributed by atoms with Gasteiger partial charge in [0.25, 0.3) is 5.91 Å². The molecule has 0 saturated carbocycles. The average Bonchev–Trinajstić information content (AvgIpc) is 3.34. The number of Topliss-reactive ketones (excluding diaryl/α,β-unsaturated/α-hetero) is 1. The molecular weight excluding hydrogens is 410 g/mol. The minimum atomic E-state index is -1.16. The third-order valence-corrected chi connectivity index (χ3v) is 6.18. The minimum Gasteiger partial charge on any atom is -0.497 e. The molecule has 0 aromatic heterocycles. The molecule has 1 fully saturated rings. The number of aliphatic carboxylic acids is 1. The fourth-order valence-corrected chi connectivity index (χ4v) is 4.76. The van der Waals surface area contributed by atoms with Gasteiger partial charge in [-0.3, -0.25) is 14.4 Å². The first-order valence-corrected chi connectivity index (χ1v) is 10.9. The number of carbonyl (C=O) groups is 3. The van der Waals surface area contributed by atoms with Gasteiger partial charge in [0.2, 0.25) is 0 Å². The fraction of sp³-hybridized carbons (Fsp3) is 0.476. The first-order valence-electron chi connectivity index (χ1n) is 9.58. The monoisotopic (exact) mass is 435 g/mol. The summed E-state index contributed by atoms with van der Waals surface area (Å²) in [4.78, 5) is 39.7.